The third-order valence-corrected chi connectivity index (χ3v) is 5.99. The van der Waals surface area contributed by atoms with E-state index in [1.807, 2.05) is 57.4 Å². The molecule has 0 aromatic carbocycles. The van der Waals surface area contributed by atoms with Crippen molar-refractivity contribution in [2.75, 3.05) is 31.2 Å². The molecule has 0 aliphatic carbocycles. The fourth-order valence-electron chi connectivity index (χ4n) is 4.56. The molecular formula is C26H31N5O3. The van der Waals surface area contributed by atoms with Crippen LogP contribution in [-0.4, -0.2) is 62.9 Å². The lowest BCUT2D eigenvalue weighted by atomic mass is 9.83. The van der Waals surface area contributed by atoms with Crippen molar-refractivity contribution in [2.24, 2.45) is 0 Å². The minimum Gasteiger partial charge on any atom is -0.465 e. The fourth-order valence-corrected chi connectivity index (χ4v) is 4.56. The first-order valence-corrected chi connectivity index (χ1v) is 11.5. The van der Waals surface area contributed by atoms with Crippen molar-refractivity contribution < 1.29 is 14.6 Å². The minimum atomic E-state index is -1.03. The molecule has 178 valence electrons. The molecule has 1 atom stereocenters. The average molecular weight is 462 g/mol. The number of amides is 1. The molecule has 1 aliphatic rings. The van der Waals surface area contributed by atoms with Crippen LogP contribution in [0.25, 0.3) is 0 Å². The van der Waals surface area contributed by atoms with Gasteiger partial charge in [0.2, 0.25) is 0 Å². The molecule has 1 amide bonds. The fraction of sp³-hybridized carbons (Fsp3) is 0.385. The summed E-state index contributed by atoms with van der Waals surface area (Å²) < 4.78 is 5.64. The third kappa shape index (κ3) is 5.24. The molecule has 0 bridgehead atoms. The summed E-state index contributed by atoms with van der Waals surface area (Å²) in [7, 11) is 0. The molecule has 34 heavy (non-hydrogen) atoms. The molecule has 1 fully saturated rings. The highest BCUT2D eigenvalue weighted by Crippen LogP contribution is 2.40. The Kier molecular flexibility index (Phi) is 7.19. The van der Waals surface area contributed by atoms with E-state index in [0.29, 0.717) is 19.0 Å². The zero-order chi connectivity index (χ0) is 24.1. The van der Waals surface area contributed by atoms with E-state index in [9.17, 15) is 9.90 Å². The van der Waals surface area contributed by atoms with Crippen molar-refractivity contribution in [2.45, 2.75) is 38.3 Å². The largest absolute Gasteiger partial charge is 0.465 e. The maximum atomic E-state index is 12.1. The van der Waals surface area contributed by atoms with E-state index in [-0.39, 0.29) is 12.0 Å². The van der Waals surface area contributed by atoms with Gasteiger partial charge in [-0.15, -0.1) is 0 Å². The number of ether oxygens (including phenoxy) is 1. The van der Waals surface area contributed by atoms with Crippen LogP contribution < -0.4 is 4.90 Å². The predicted molar refractivity (Wildman–Crippen MR) is 130 cm³/mol. The minimum absolute atomic E-state index is 0.101. The number of carboxylic acid groups (broad SMARTS) is 1. The first kappa shape index (κ1) is 23.8. The summed E-state index contributed by atoms with van der Waals surface area (Å²) in [6, 6.07) is 13.5. The number of morpholine rings is 1. The highest BCUT2D eigenvalue weighted by atomic mass is 16.5. The number of hydrogen-bond acceptors (Lipinski definition) is 6. The van der Waals surface area contributed by atoms with Gasteiger partial charge in [-0.1, -0.05) is 18.2 Å². The average Bonchev–Trinajstić information content (AvgIpc) is 2.83. The number of rotatable bonds is 6. The number of hydrogen-bond donors (Lipinski definition) is 1. The number of nitrogens with zero attached hydrogens (tertiary/aromatic N) is 5. The standard InChI is InChI=1S/C26H31N5O3/c1-26(2,3)31(25(32)33)22-10-4-9-21(29-22)24(30-13-15-34-16-14-30)23(19-7-5-11-27-17-19)20-8-6-12-28-18-20/h4-12,17-18,23-24H,13-16H2,1-3H3,(H,32,33). The maximum Gasteiger partial charge on any atom is 0.413 e. The SMILES string of the molecule is CC(C)(C)N(C(=O)O)c1cccc(C(C(c2cccnc2)c2cccnc2)N2CCOCC2)n1. The third-order valence-electron chi connectivity index (χ3n) is 5.99. The summed E-state index contributed by atoms with van der Waals surface area (Å²) in [5.74, 6) is 0.308. The van der Waals surface area contributed by atoms with Gasteiger partial charge in [0, 0.05) is 49.3 Å². The van der Waals surface area contributed by atoms with Gasteiger partial charge in [-0.2, -0.15) is 0 Å². The Hall–Kier alpha value is -3.36. The van der Waals surface area contributed by atoms with Crippen molar-refractivity contribution in [3.05, 3.63) is 84.1 Å². The normalized spacial score (nSPS) is 15.8. The van der Waals surface area contributed by atoms with Crippen LogP contribution in [0.2, 0.25) is 0 Å². The van der Waals surface area contributed by atoms with Crippen molar-refractivity contribution in [1.82, 2.24) is 19.9 Å². The zero-order valence-electron chi connectivity index (χ0n) is 19.8. The van der Waals surface area contributed by atoms with E-state index in [1.54, 1.807) is 18.5 Å². The molecule has 3 aromatic rings. The van der Waals surface area contributed by atoms with Crippen molar-refractivity contribution >= 4 is 11.9 Å². The smallest absolute Gasteiger partial charge is 0.413 e. The van der Waals surface area contributed by atoms with Crippen molar-refractivity contribution in [3.63, 3.8) is 0 Å². The van der Waals surface area contributed by atoms with Crippen LogP contribution >= 0.6 is 0 Å². The van der Waals surface area contributed by atoms with Crippen LogP contribution in [0.3, 0.4) is 0 Å². The van der Waals surface area contributed by atoms with Gasteiger partial charge in [-0.05, 0) is 56.2 Å². The lowest BCUT2D eigenvalue weighted by Gasteiger charge is -2.39. The molecule has 0 saturated carbocycles. The van der Waals surface area contributed by atoms with Gasteiger partial charge < -0.3 is 9.84 Å². The summed E-state index contributed by atoms with van der Waals surface area (Å²) in [4.78, 5) is 29.5. The molecule has 3 aromatic heterocycles. The van der Waals surface area contributed by atoms with Gasteiger partial charge in [-0.3, -0.25) is 19.8 Å². The molecule has 4 heterocycles. The molecule has 1 N–H and O–H groups in total. The number of anilines is 1. The summed E-state index contributed by atoms with van der Waals surface area (Å²) in [6.45, 7) is 8.35. The van der Waals surface area contributed by atoms with E-state index in [2.05, 4.69) is 27.0 Å². The second kappa shape index (κ2) is 10.3. The molecule has 4 rings (SSSR count). The predicted octanol–water partition coefficient (Wildman–Crippen LogP) is 4.36. The molecule has 1 saturated heterocycles. The van der Waals surface area contributed by atoms with Gasteiger partial charge in [0.05, 0.1) is 24.9 Å². The number of carbonyl (C=O) groups is 1. The van der Waals surface area contributed by atoms with Crippen molar-refractivity contribution in [3.8, 4) is 0 Å². The Morgan fingerprint density at radius 2 is 1.62 bits per heavy atom. The molecule has 8 nitrogen and oxygen atoms in total. The van der Waals surface area contributed by atoms with Gasteiger partial charge in [0.25, 0.3) is 0 Å². The monoisotopic (exact) mass is 461 g/mol. The first-order valence-electron chi connectivity index (χ1n) is 11.5. The lowest BCUT2D eigenvalue weighted by Crippen LogP contribution is -2.46. The quantitative estimate of drug-likeness (QED) is 0.583. The topological polar surface area (TPSA) is 91.7 Å². The molecular weight excluding hydrogens is 430 g/mol. The van der Waals surface area contributed by atoms with Crippen LogP contribution in [-0.2, 0) is 4.74 Å². The Balaban J connectivity index is 1.87. The molecule has 0 radical (unpaired) electrons. The zero-order valence-corrected chi connectivity index (χ0v) is 19.8. The van der Waals surface area contributed by atoms with Crippen LogP contribution in [0.15, 0.2) is 67.3 Å². The van der Waals surface area contributed by atoms with E-state index >= 15 is 0 Å². The Morgan fingerprint density at radius 3 is 2.12 bits per heavy atom. The van der Waals surface area contributed by atoms with E-state index in [0.717, 1.165) is 29.9 Å². The molecule has 8 heteroatoms. The van der Waals surface area contributed by atoms with Gasteiger partial charge in [0.15, 0.2) is 0 Å². The van der Waals surface area contributed by atoms with Gasteiger partial charge >= 0.3 is 6.09 Å². The Bertz CT molecular complexity index is 1040. The van der Waals surface area contributed by atoms with Gasteiger partial charge in [0.1, 0.15) is 5.82 Å². The summed E-state index contributed by atoms with van der Waals surface area (Å²) in [6.07, 6.45) is 6.26. The Labute approximate surface area is 200 Å². The van der Waals surface area contributed by atoms with Crippen LogP contribution in [0.1, 0.15) is 49.6 Å². The lowest BCUT2D eigenvalue weighted by molar-refractivity contribution is 0.0115. The summed E-state index contributed by atoms with van der Waals surface area (Å²) >= 11 is 0. The van der Waals surface area contributed by atoms with Crippen LogP contribution in [0, 0.1) is 0 Å². The maximum absolute atomic E-state index is 12.1. The van der Waals surface area contributed by atoms with Crippen LogP contribution in [0.4, 0.5) is 10.6 Å². The summed E-state index contributed by atoms with van der Waals surface area (Å²) in [5.41, 5.74) is 2.25. The van der Waals surface area contributed by atoms with Crippen LogP contribution in [0.5, 0.6) is 0 Å². The second-order valence-electron chi connectivity index (χ2n) is 9.35. The van der Waals surface area contributed by atoms with E-state index in [1.165, 1.54) is 4.90 Å². The molecule has 0 spiro atoms. The van der Waals surface area contributed by atoms with E-state index in [4.69, 9.17) is 9.72 Å². The highest BCUT2D eigenvalue weighted by molar-refractivity contribution is 5.86. The van der Waals surface area contributed by atoms with Gasteiger partial charge in [-0.25, -0.2) is 9.78 Å². The first-order chi connectivity index (χ1) is 16.4. The van der Waals surface area contributed by atoms with Crippen molar-refractivity contribution in [1.29, 1.82) is 0 Å². The highest BCUT2D eigenvalue weighted by Gasteiger charge is 2.35. The summed E-state index contributed by atoms with van der Waals surface area (Å²) in [5, 5.41) is 9.95. The van der Waals surface area contributed by atoms with E-state index < -0.39 is 11.6 Å². The number of aromatic nitrogens is 3. The number of pyridine rings is 3. The molecule has 1 unspecified atom stereocenters. The second-order valence-corrected chi connectivity index (χ2v) is 9.35. The Morgan fingerprint density at radius 1 is 1.00 bits per heavy atom. The molecule has 1 aliphatic heterocycles.